The first-order valence-corrected chi connectivity index (χ1v) is 6.89. The van der Waals surface area contributed by atoms with E-state index in [0.717, 1.165) is 0 Å². The van der Waals surface area contributed by atoms with Crippen LogP contribution in [0, 0.1) is 17.1 Å². The molecule has 5 nitrogen and oxygen atoms in total. The van der Waals surface area contributed by atoms with Gasteiger partial charge in [0.15, 0.2) is 0 Å². The minimum Gasteiger partial charge on any atom is -0.378 e. The summed E-state index contributed by atoms with van der Waals surface area (Å²) in [6.45, 7) is 2.37. The molecule has 0 atom stereocenters. The Morgan fingerprint density at radius 3 is 2.85 bits per heavy atom. The van der Waals surface area contributed by atoms with Gasteiger partial charge in [-0.05, 0) is 22.0 Å². The van der Waals surface area contributed by atoms with Crippen LogP contribution in [-0.2, 0) is 9.53 Å². The van der Waals surface area contributed by atoms with E-state index in [1.165, 1.54) is 12.1 Å². The van der Waals surface area contributed by atoms with Gasteiger partial charge in [-0.15, -0.1) is 0 Å². The second-order valence-corrected chi connectivity index (χ2v) is 5.12. The molecule has 0 aliphatic carbocycles. The molecular weight excluding hydrogens is 329 g/mol. The van der Waals surface area contributed by atoms with Crippen LogP contribution >= 0.6 is 15.9 Å². The summed E-state index contributed by atoms with van der Waals surface area (Å²) in [5.74, 6) is -0.815. The average Bonchev–Trinajstić information content (AvgIpc) is 2.44. The fraction of sp³-hybridized carbons (Fsp3) is 0.385. The number of amides is 1. The number of nitriles is 1. The van der Waals surface area contributed by atoms with Crippen molar-refractivity contribution >= 4 is 33.2 Å². The zero-order chi connectivity index (χ0) is 14.5. The van der Waals surface area contributed by atoms with E-state index in [1.807, 2.05) is 4.90 Å². The van der Waals surface area contributed by atoms with Gasteiger partial charge in [0, 0.05) is 19.2 Å². The second kappa shape index (κ2) is 6.68. The summed E-state index contributed by atoms with van der Waals surface area (Å²) >= 11 is 3.10. The van der Waals surface area contributed by atoms with Crippen LogP contribution in [0.25, 0.3) is 0 Å². The maximum Gasteiger partial charge on any atom is 0.238 e. The van der Waals surface area contributed by atoms with Crippen molar-refractivity contribution < 1.29 is 13.9 Å². The zero-order valence-electron chi connectivity index (χ0n) is 10.7. The summed E-state index contributed by atoms with van der Waals surface area (Å²) in [5, 5.41) is 11.2. The first-order valence-electron chi connectivity index (χ1n) is 6.10. The number of ether oxygens (including phenoxy) is 1. The largest absolute Gasteiger partial charge is 0.378 e. The monoisotopic (exact) mass is 341 g/mol. The standard InChI is InChI=1S/C13H13BrFN3O2/c14-9-7-11(17-13(19)1-2-16)12(8-10(9)15)18-3-5-20-6-4-18/h7-8H,1,3-6H2,(H,17,19). The highest BCUT2D eigenvalue weighted by Crippen LogP contribution is 2.32. The number of hydrogen-bond acceptors (Lipinski definition) is 4. The maximum absolute atomic E-state index is 13.7. The van der Waals surface area contributed by atoms with Gasteiger partial charge in [-0.3, -0.25) is 4.79 Å². The van der Waals surface area contributed by atoms with Crippen LogP contribution in [0.1, 0.15) is 6.42 Å². The van der Waals surface area contributed by atoms with Crippen molar-refractivity contribution in [2.75, 3.05) is 36.5 Å². The quantitative estimate of drug-likeness (QED) is 0.915. The smallest absolute Gasteiger partial charge is 0.238 e. The lowest BCUT2D eigenvalue weighted by Gasteiger charge is -2.30. The highest BCUT2D eigenvalue weighted by atomic mass is 79.9. The van der Waals surface area contributed by atoms with E-state index >= 15 is 0 Å². The number of carbonyl (C=O) groups is 1. The molecule has 1 amide bonds. The number of carbonyl (C=O) groups excluding carboxylic acids is 1. The van der Waals surface area contributed by atoms with Gasteiger partial charge in [-0.1, -0.05) is 0 Å². The number of rotatable bonds is 3. The van der Waals surface area contributed by atoms with Crippen LogP contribution in [0.4, 0.5) is 15.8 Å². The first kappa shape index (κ1) is 14.8. The summed E-state index contributed by atoms with van der Waals surface area (Å²) in [6.07, 6.45) is -0.239. The normalized spacial score (nSPS) is 14.8. The van der Waals surface area contributed by atoms with Gasteiger partial charge in [0.25, 0.3) is 0 Å². The summed E-state index contributed by atoms with van der Waals surface area (Å²) in [4.78, 5) is 13.5. The molecule has 1 aliphatic rings. The number of nitrogens with zero attached hydrogens (tertiary/aromatic N) is 2. The Morgan fingerprint density at radius 2 is 2.20 bits per heavy atom. The fourth-order valence-corrected chi connectivity index (χ4v) is 2.31. The summed E-state index contributed by atoms with van der Waals surface area (Å²) in [5.41, 5.74) is 1.08. The van der Waals surface area contributed by atoms with Gasteiger partial charge in [0.05, 0.1) is 35.1 Å². The van der Waals surface area contributed by atoms with Gasteiger partial charge >= 0.3 is 0 Å². The van der Waals surface area contributed by atoms with Gasteiger partial charge < -0.3 is 15.0 Å². The van der Waals surface area contributed by atoms with Crippen LogP contribution in [-0.4, -0.2) is 32.2 Å². The molecule has 1 saturated heterocycles. The summed E-state index contributed by atoms with van der Waals surface area (Å²) in [7, 11) is 0. The predicted octanol–water partition coefficient (Wildman–Crippen LogP) is 2.28. The van der Waals surface area contributed by atoms with Crippen molar-refractivity contribution in [2.45, 2.75) is 6.42 Å². The molecule has 1 aromatic carbocycles. The molecule has 0 unspecified atom stereocenters. The van der Waals surface area contributed by atoms with Crippen LogP contribution in [0.2, 0.25) is 0 Å². The Bertz CT molecular complexity index is 553. The Morgan fingerprint density at radius 1 is 1.50 bits per heavy atom. The van der Waals surface area contributed by atoms with E-state index in [2.05, 4.69) is 21.2 Å². The maximum atomic E-state index is 13.7. The molecule has 106 valence electrons. The number of nitrogens with one attached hydrogen (secondary N) is 1. The second-order valence-electron chi connectivity index (χ2n) is 4.27. The molecular formula is C13H13BrFN3O2. The van der Waals surface area contributed by atoms with E-state index in [-0.39, 0.29) is 10.9 Å². The lowest BCUT2D eigenvalue weighted by molar-refractivity contribution is -0.115. The molecule has 0 spiro atoms. The molecule has 20 heavy (non-hydrogen) atoms. The Labute approximate surface area is 124 Å². The molecule has 1 aliphatic heterocycles. The molecule has 0 aromatic heterocycles. The number of morpholine rings is 1. The third kappa shape index (κ3) is 3.46. The zero-order valence-corrected chi connectivity index (χ0v) is 12.2. The van der Waals surface area contributed by atoms with E-state index in [9.17, 15) is 9.18 Å². The number of benzene rings is 1. The van der Waals surface area contributed by atoms with Crippen molar-refractivity contribution in [1.82, 2.24) is 0 Å². The number of hydrogen-bond donors (Lipinski definition) is 1. The fourth-order valence-electron chi connectivity index (χ4n) is 1.97. The van der Waals surface area contributed by atoms with Gasteiger partial charge in [0.2, 0.25) is 5.91 Å². The van der Waals surface area contributed by atoms with Crippen LogP contribution < -0.4 is 10.2 Å². The SMILES string of the molecule is N#CCC(=O)Nc1cc(Br)c(F)cc1N1CCOCC1. The lowest BCUT2D eigenvalue weighted by atomic mass is 10.2. The first-order chi connectivity index (χ1) is 9.61. The molecule has 1 fully saturated rings. The molecule has 1 heterocycles. The minimum absolute atomic E-state index is 0.239. The average molecular weight is 342 g/mol. The molecule has 2 rings (SSSR count). The van der Waals surface area contributed by atoms with Crippen molar-refractivity contribution in [3.63, 3.8) is 0 Å². The third-order valence-electron chi connectivity index (χ3n) is 2.90. The summed E-state index contributed by atoms with van der Waals surface area (Å²) < 4.78 is 19.3. The number of anilines is 2. The highest BCUT2D eigenvalue weighted by molar-refractivity contribution is 9.10. The van der Waals surface area contributed by atoms with E-state index in [4.69, 9.17) is 10.00 Å². The lowest BCUT2D eigenvalue weighted by Crippen LogP contribution is -2.36. The van der Waals surface area contributed by atoms with Crippen LogP contribution in [0.5, 0.6) is 0 Å². The van der Waals surface area contributed by atoms with E-state index in [1.54, 1.807) is 6.07 Å². The molecule has 1 N–H and O–H groups in total. The molecule has 0 saturated carbocycles. The summed E-state index contributed by atoms with van der Waals surface area (Å²) in [6, 6.07) is 4.66. The topological polar surface area (TPSA) is 65.4 Å². The Balaban J connectivity index is 2.30. The molecule has 0 bridgehead atoms. The predicted molar refractivity (Wildman–Crippen MR) is 76.0 cm³/mol. The van der Waals surface area contributed by atoms with Crippen molar-refractivity contribution in [3.05, 3.63) is 22.4 Å². The van der Waals surface area contributed by atoms with E-state index in [0.29, 0.717) is 37.7 Å². The van der Waals surface area contributed by atoms with Gasteiger partial charge in [-0.25, -0.2) is 4.39 Å². The van der Waals surface area contributed by atoms with Crippen LogP contribution in [0.15, 0.2) is 16.6 Å². The third-order valence-corrected chi connectivity index (χ3v) is 3.51. The van der Waals surface area contributed by atoms with Crippen molar-refractivity contribution in [2.24, 2.45) is 0 Å². The van der Waals surface area contributed by atoms with Crippen molar-refractivity contribution in [3.8, 4) is 6.07 Å². The van der Waals surface area contributed by atoms with Gasteiger partial charge in [0.1, 0.15) is 12.2 Å². The number of halogens is 2. The molecule has 0 radical (unpaired) electrons. The highest BCUT2D eigenvalue weighted by Gasteiger charge is 2.18. The van der Waals surface area contributed by atoms with Crippen molar-refractivity contribution in [1.29, 1.82) is 5.26 Å². The van der Waals surface area contributed by atoms with Gasteiger partial charge in [-0.2, -0.15) is 5.26 Å². The Kier molecular flexibility index (Phi) is 4.93. The van der Waals surface area contributed by atoms with Crippen LogP contribution in [0.3, 0.4) is 0 Å². The Hall–Kier alpha value is -1.65. The van der Waals surface area contributed by atoms with E-state index < -0.39 is 11.7 Å². The molecule has 1 aromatic rings. The molecule has 7 heteroatoms. The minimum atomic E-state index is -0.416.